The smallest absolute Gasteiger partial charge is 0.183 e. The quantitative estimate of drug-likeness (QED) is 0.388. The largest absolute Gasteiger partial charge is 0.494 e. The van der Waals surface area contributed by atoms with Crippen molar-refractivity contribution in [1.29, 1.82) is 5.26 Å². The van der Waals surface area contributed by atoms with Crippen molar-refractivity contribution < 1.29 is 9.47 Å². The number of nitrogens with one attached hydrogen (secondary N) is 1. The molecule has 1 aromatic rings. The van der Waals surface area contributed by atoms with Gasteiger partial charge in [0.05, 0.1) is 13.2 Å². The van der Waals surface area contributed by atoms with Gasteiger partial charge < -0.3 is 9.47 Å². The maximum absolute atomic E-state index is 8.65. The van der Waals surface area contributed by atoms with Crippen molar-refractivity contribution in [3.05, 3.63) is 18.2 Å². The van der Waals surface area contributed by atoms with E-state index in [4.69, 9.17) is 14.7 Å². The minimum Gasteiger partial charge on any atom is -0.494 e. The number of nitrogens with zero attached hydrogens (tertiary/aromatic N) is 2. The van der Waals surface area contributed by atoms with Gasteiger partial charge in [-0.05, 0) is 32.2 Å². The van der Waals surface area contributed by atoms with Gasteiger partial charge >= 0.3 is 0 Å². The van der Waals surface area contributed by atoms with Gasteiger partial charge in [0, 0.05) is 6.07 Å². The Morgan fingerprint density at radius 2 is 2.11 bits per heavy atom. The zero-order chi connectivity index (χ0) is 14.1. The maximum Gasteiger partial charge on any atom is 0.183 e. The van der Waals surface area contributed by atoms with Gasteiger partial charge in [-0.15, -0.1) is 0 Å². The Hall–Kier alpha value is -1.87. The van der Waals surface area contributed by atoms with Crippen LogP contribution in [0.1, 0.15) is 13.8 Å². The Kier molecular flexibility index (Phi) is 6.61. The lowest BCUT2D eigenvalue weighted by Crippen LogP contribution is -2.12. The van der Waals surface area contributed by atoms with Crippen molar-refractivity contribution in [2.45, 2.75) is 13.8 Å². The lowest BCUT2D eigenvalue weighted by Gasteiger charge is -2.10. The van der Waals surface area contributed by atoms with E-state index in [0.717, 1.165) is 5.75 Å². The second kappa shape index (κ2) is 8.27. The molecule has 0 saturated carbocycles. The Labute approximate surface area is 117 Å². The van der Waals surface area contributed by atoms with E-state index in [-0.39, 0.29) is 0 Å². The summed E-state index contributed by atoms with van der Waals surface area (Å²) in [6.07, 6.45) is 3.70. The van der Waals surface area contributed by atoms with Crippen LogP contribution in [0.15, 0.2) is 23.2 Å². The van der Waals surface area contributed by atoms with E-state index in [1.807, 2.05) is 38.4 Å². The van der Waals surface area contributed by atoms with Crippen molar-refractivity contribution in [2.75, 3.05) is 19.5 Å². The number of amidine groups is 1. The number of rotatable bonds is 5. The summed E-state index contributed by atoms with van der Waals surface area (Å²) >= 11 is 1.36. The molecule has 1 aromatic carbocycles. The highest BCUT2D eigenvalue weighted by Gasteiger charge is 2.06. The van der Waals surface area contributed by atoms with Gasteiger partial charge in [0.2, 0.25) is 0 Å². The fraction of sp³-hybridized carbons (Fsp3) is 0.385. The number of aliphatic imine (C=N–C) groups is 1. The van der Waals surface area contributed by atoms with Crippen molar-refractivity contribution in [1.82, 2.24) is 5.32 Å². The second-order valence-corrected chi connectivity index (χ2v) is 4.15. The van der Waals surface area contributed by atoms with Crippen LogP contribution in [0, 0.1) is 11.5 Å². The number of hydrogen-bond acceptors (Lipinski definition) is 5. The molecule has 0 heterocycles. The van der Waals surface area contributed by atoms with Crippen molar-refractivity contribution >= 4 is 22.6 Å². The number of ether oxygens (including phenoxy) is 2. The Morgan fingerprint density at radius 1 is 1.37 bits per heavy atom. The average Bonchev–Trinajstić information content (AvgIpc) is 2.41. The van der Waals surface area contributed by atoms with Gasteiger partial charge in [-0.2, -0.15) is 5.26 Å². The standard InChI is InChI=1S/C13H17N3O2S/c1-4-17-10-6-7-12(18-5-2)11(8-10)16-13(19-3)15-9-14/h6-8H,4-5H2,1-3H3,(H,15,16). The summed E-state index contributed by atoms with van der Waals surface area (Å²) in [4.78, 5) is 4.37. The third-order valence-electron chi connectivity index (χ3n) is 2.12. The van der Waals surface area contributed by atoms with E-state index in [2.05, 4.69) is 10.3 Å². The molecule has 0 fully saturated rings. The first kappa shape index (κ1) is 15.2. The van der Waals surface area contributed by atoms with Crippen molar-refractivity contribution in [3.8, 4) is 17.7 Å². The molecule has 0 saturated heterocycles. The number of nitriles is 1. The summed E-state index contributed by atoms with van der Waals surface area (Å²) in [5, 5.41) is 11.7. The summed E-state index contributed by atoms with van der Waals surface area (Å²) in [5.41, 5.74) is 0.639. The lowest BCUT2D eigenvalue weighted by atomic mass is 10.3. The molecule has 0 bridgehead atoms. The predicted octanol–water partition coefficient (Wildman–Crippen LogP) is 2.91. The number of hydrogen-bond donors (Lipinski definition) is 1. The van der Waals surface area contributed by atoms with E-state index in [1.54, 1.807) is 6.07 Å². The number of thioether (sulfide) groups is 1. The Balaban J connectivity index is 3.12. The molecule has 0 unspecified atom stereocenters. The van der Waals surface area contributed by atoms with E-state index in [9.17, 15) is 0 Å². The topological polar surface area (TPSA) is 66.6 Å². The molecule has 0 aliphatic carbocycles. The fourth-order valence-corrected chi connectivity index (χ4v) is 1.74. The highest BCUT2D eigenvalue weighted by Crippen LogP contribution is 2.32. The normalized spacial score (nSPS) is 10.7. The number of benzene rings is 1. The molecule has 5 nitrogen and oxygen atoms in total. The molecular weight excluding hydrogens is 262 g/mol. The minimum absolute atomic E-state index is 0.511. The van der Waals surface area contributed by atoms with E-state index in [1.165, 1.54) is 11.8 Å². The van der Waals surface area contributed by atoms with Gasteiger partial charge in [0.1, 0.15) is 17.2 Å². The molecule has 6 heteroatoms. The van der Waals surface area contributed by atoms with Crippen LogP contribution < -0.4 is 14.8 Å². The van der Waals surface area contributed by atoms with Crippen LogP contribution in [0.4, 0.5) is 5.69 Å². The monoisotopic (exact) mass is 279 g/mol. The van der Waals surface area contributed by atoms with Gasteiger partial charge in [-0.1, -0.05) is 11.8 Å². The molecule has 0 radical (unpaired) electrons. The van der Waals surface area contributed by atoms with Gasteiger partial charge in [-0.3, -0.25) is 5.32 Å². The van der Waals surface area contributed by atoms with Crippen LogP contribution in [0.5, 0.6) is 11.5 Å². The van der Waals surface area contributed by atoms with Gasteiger partial charge in [0.25, 0.3) is 0 Å². The second-order valence-electron chi connectivity index (χ2n) is 3.35. The van der Waals surface area contributed by atoms with Crippen LogP contribution in [0.3, 0.4) is 0 Å². The predicted molar refractivity (Wildman–Crippen MR) is 78.1 cm³/mol. The lowest BCUT2D eigenvalue weighted by molar-refractivity contribution is 0.331. The molecule has 0 aliphatic heterocycles. The van der Waals surface area contributed by atoms with Crippen molar-refractivity contribution in [3.63, 3.8) is 0 Å². The van der Waals surface area contributed by atoms with Crippen molar-refractivity contribution in [2.24, 2.45) is 4.99 Å². The van der Waals surface area contributed by atoms with E-state index in [0.29, 0.717) is 29.8 Å². The average molecular weight is 279 g/mol. The van der Waals surface area contributed by atoms with Crippen LogP contribution >= 0.6 is 11.8 Å². The maximum atomic E-state index is 8.65. The Bertz CT molecular complexity index is 483. The third kappa shape index (κ3) is 4.72. The summed E-state index contributed by atoms with van der Waals surface area (Å²) in [6.45, 7) is 4.97. The van der Waals surface area contributed by atoms with E-state index < -0.39 is 0 Å². The Morgan fingerprint density at radius 3 is 2.68 bits per heavy atom. The molecule has 1 rings (SSSR count). The van der Waals surface area contributed by atoms with Crippen LogP contribution in [-0.4, -0.2) is 24.6 Å². The summed E-state index contributed by atoms with van der Waals surface area (Å²) in [6, 6.07) is 5.45. The van der Waals surface area contributed by atoms with Crippen LogP contribution in [0.2, 0.25) is 0 Å². The summed E-state index contributed by atoms with van der Waals surface area (Å²) < 4.78 is 10.9. The molecule has 0 aliphatic rings. The summed E-state index contributed by atoms with van der Waals surface area (Å²) in [7, 11) is 0. The fourth-order valence-electron chi connectivity index (χ4n) is 1.40. The van der Waals surface area contributed by atoms with Crippen LogP contribution in [-0.2, 0) is 0 Å². The van der Waals surface area contributed by atoms with E-state index >= 15 is 0 Å². The highest BCUT2D eigenvalue weighted by atomic mass is 32.2. The minimum atomic E-state index is 0.511. The first-order chi connectivity index (χ1) is 9.24. The first-order valence-corrected chi connectivity index (χ1v) is 7.15. The van der Waals surface area contributed by atoms with Crippen LogP contribution in [0.25, 0.3) is 0 Å². The zero-order valence-electron chi connectivity index (χ0n) is 11.3. The summed E-state index contributed by atoms with van der Waals surface area (Å²) in [5.74, 6) is 1.39. The first-order valence-electron chi connectivity index (χ1n) is 5.92. The molecule has 0 aromatic heterocycles. The highest BCUT2D eigenvalue weighted by molar-refractivity contribution is 8.13. The molecule has 102 valence electrons. The molecule has 1 N–H and O–H groups in total. The van der Waals surface area contributed by atoms with Gasteiger partial charge in [0.15, 0.2) is 11.4 Å². The molecule has 0 spiro atoms. The molecule has 0 atom stereocenters. The SMILES string of the molecule is CCOc1ccc(OCC)c(N=C(NC#N)SC)c1. The molecule has 0 amide bonds. The molecule has 19 heavy (non-hydrogen) atoms. The molecular formula is C13H17N3O2S. The zero-order valence-corrected chi connectivity index (χ0v) is 12.1. The third-order valence-corrected chi connectivity index (χ3v) is 2.70. The van der Waals surface area contributed by atoms with Gasteiger partial charge in [-0.25, -0.2) is 4.99 Å².